The van der Waals surface area contributed by atoms with E-state index in [1.165, 1.54) is 12.1 Å². The smallest absolute Gasteiger partial charge is 0.321 e. The van der Waals surface area contributed by atoms with Gasteiger partial charge in [-0.3, -0.25) is 0 Å². The standard InChI is InChI=1S/C12H16FN3O/c13-10-2-4-11(5-3-10)15-12(17)16-8-1-6-14-7-9-16/h2-5,14H,1,6-9H2,(H,15,17). The Kier molecular flexibility index (Phi) is 3.93. The normalized spacial score (nSPS) is 16.4. The van der Waals surface area contributed by atoms with Gasteiger partial charge in [0.1, 0.15) is 5.82 Å². The van der Waals surface area contributed by atoms with Gasteiger partial charge in [0.25, 0.3) is 0 Å². The van der Waals surface area contributed by atoms with Gasteiger partial charge in [0, 0.05) is 25.3 Å². The van der Waals surface area contributed by atoms with E-state index in [9.17, 15) is 9.18 Å². The van der Waals surface area contributed by atoms with E-state index in [1.807, 2.05) is 0 Å². The Hall–Kier alpha value is -1.62. The van der Waals surface area contributed by atoms with Gasteiger partial charge in [0.05, 0.1) is 0 Å². The molecule has 5 heteroatoms. The molecule has 1 aromatic rings. The van der Waals surface area contributed by atoms with E-state index >= 15 is 0 Å². The predicted molar refractivity (Wildman–Crippen MR) is 64.5 cm³/mol. The summed E-state index contributed by atoms with van der Waals surface area (Å²) < 4.78 is 12.7. The molecule has 1 fully saturated rings. The molecule has 92 valence electrons. The van der Waals surface area contributed by atoms with Crippen LogP contribution in [0.3, 0.4) is 0 Å². The van der Waals surface area contributed by atoms with E-state index in [0.29, 0.717) is 12.2 Å². The van der Waals surface area contributed by atoms with E-state index in [2.05, 4.69) is 10.6 Å². The minimum absolute atomic E-state index is 0.125. The Bertz CT molecular complexity index is 372. The van der Waals surface area contributed by atoms with Crippen LogP contribution in [0.25, 0.3) is 0 Å². The minimum Gasteiger partial charge on any atom is -0.323 e. The van der Waals surface area contributed by atoms with Crippen molar-refractivity contribution in [3.8, 4) is 0 Å². The monoisotopic (exact) mass is 237 g/mol. The summed E-state index contributed by atoms with van der Waals surface area (Å²) in [6.45, 7) is 3.21. The lowest BCUT2D eigenvalue weighted by Gasteiger charge is -2.20. The summed E-state index contributed by atoms with van der Waals surface area (Å²) >= 11 is 0. The van der Waals surface area contributed by atoms with Crippen molar-refractivity contribution in [2.45, 2.75) is 6.42 Å². The van der Waals surface area contributed by atoms with E-state index in [1.54, 1.807) is 17.0 Å². The average Bonchev–Trinajstić information content (AvgIpc) is 2.61. The summed E-state index contributed by atoms with van der Waals surface area (Å²) in [5, 5.41) is 5.99. The van der Waals surface area contributed by atoms with E-state index in [0.717, 1.165) is 26.1 Å². The number of anilines is 1. The molecule has 0 aliphatic carbocycles. The van der Waals surface area contributed by atoms with Crippen molar-refractivity contribution in [1.82, 2.24) is 10.2 Å². The fourth-order valence-corrected chi connectivity index (χ4v) is 1.78. The highest BCUT2D eigenvalue weighted by Gasteiger charge is 2.14. The number of carbonyl (C=O) groups is 1. The van der Waals surface area contributed by atoms with Gasteiger partial charge in [-0.2, -0.15) is 0 Å². The molecule has 0 saturated carbocycles. The van der Waals surface area contributed by atoms with Crippen molar-refractivity contribution >= 4 is 11.7 Å². The second-order valence-corrected chi connectivity index (χ2v) is 4.03. The molecular weight excluding hydrogens is 221 g/mol. The zero-order chi connectivity index (χ0) is 12.1. The maximum atomic E-state index is 12.7. The molecule has 2 rings (SSSR count). The van der Waals surface area contributed by atoms with Crippen LogP contribution in [0.2, 0.25) is 0 Å². The molecule has 4 nitrogen and oxygen atoms in total. The summed E-state index contributed by atoms with van der Waals surface area (Å²) in [4.78, 5) is 13.7. The van der Waals surface area contributed by atoms with Crippen molar-refractivity contribution in [2.24, 2.45) is 0 Å². The lowest BCUT2D eigenvalue weighted by molar-refractivity contribution is 0.215. The number of amides is 2. The number of halogens is 1. The first-order valence-corrected chi connectivity index (χ1v) is 5.78. The zero-order valence-electron chi connectivity index (χ0n) is 9.58. The van der Waals surface area contributed by atoms with Crippen molar-refractivity contribution in [2.75, 3.05) is 31.5 Å². The number of carbonyl (C=O) groups excluding carboxylic acids is 1. The molecule has 0 spiro atoms. The van der Waals surface area contributed by atoms with Crippen molar-refractivity contribution in [3.63, 3.8) is 0 Å². The first-order chi connectivity index (χ1) is 8.25. The van der Waals surface area contributed by atoms with E-state index in [-0.39, 0.29) is 11.8 Å². The van der Waals surface area contributed by atoms with Crippen LogP contribution in [0.4, 0.5) is 14.9 Å². The summed E-state index contributed by atoms with van der Waals surface area (Å²) in [6.07, 6.45) is 0.955. The Morgan fingerprint density at radius 3 is 2.76 bits per heavy atom. The second kappa shape index (κ2) is 5.63. The summed E-state index contributed by atoms with van der Waals surface area (Å²) in [5.41, 5.74) is 0.619. The number of nitrogens with one attached hydrogen (secondary N) is 2. The first-order valence-electron chi connectivity index (χ1n) is 5.78. The van der Waals surface area contributed by atoms with Gasteiger partial charge >= 0.3 is 6.03 Å². The third kappa shape index (κ3) is 3.42. The highest BCUT2D eigenvalue weighted by atomic mass is 19.1. The zero-order valence-corrected chi connectivity index (χ0v) is 9.58. The molecule has 2 N–H and O–H groups in total. The van der Waals surface area contributed by atoms with Crippen LogP contribution >= 0.6 is 0 Å². The molecule has 1 aromatic carbocycles. The average molecular weight is 237 g/mol. The number of benzene rings is 1. The molecule has 0 atom stereocenters. The summed E-state index contributed by atoms with van der Waals surface area (Å²) in [6, 6.07) is 5.66. The van der Waals surface area contributed by atoms with Crippen molar-refractivity contribution < 1.29 is 9.18 Å². The van der Waals surface area contributed by atoms with Crippen LogP contribution in [0.5, 0.6) is 0 Å². The van der Waals surface area contributed by atoms with Crippen LogP contribution < -0.4 is 10.6 Å². The second-order valence-electron chi connectivity index (χ2n) is 4.03. The molecule has 0 radical (unpaired) electrons. The first kappa shape index (κ1) is 11.9. The van der Waals surface area contributed by atoms with Crippen LogP contribution in [0.15, 0.2) is 24.3 Å². The van der Waals surface area contributed by atoms with Gasteiger partial charge in [0.2, 0.25) is 0 Å². The fraction of sp³-hybridized carbons (Fsp3) is 0.417. The van der Waals surface area contributed by atoms with Gasteiger partial charge in [-0.25, -0.2) is 9.18 Å². The SMILES string of the molecule is O=C(Nc1ccc(F)cc1)N1CCCNCC1. The molecule has 0 aromatic heterocycles. The molecular formula is C12H16FN3O. The van der Waals surface area contributed by atoms with Crippen LogP contribution in [0, 0.1) is 5.82 Å². The number of hydrogen-bond donors (Lipinski definition) is 2. The minimum atomic E-state index is -0.304. The predicted octanol–water partition coefficient (Wildman–Crippen LogP) is 1.65. The van der Waals surface area contributed by atoms with Gasteiger partial charge in [-0.15, -0.1) is 0 Å². The third-order valence-electron chi connectivity index (χ3n) is 2.72. The highest BCUT2D eigenvalue weighted by molar-refractivity contribution is 5.89. The maximum Gasteiger partial charge on any atom is 0.321 e. The molecule has 1 aliphatic rings. The van der Waals surface area contributed by atoms with Crippen LogP contribution in [0.1, 0.15) is 6.42 Å². The lowest BCUT2D eigenvalue weighted by Crippen LogP contribution is -2.37. The molecule has 17 heavy (non-hydrogen) atoms. The van der Waals surface area contributed by atoms with E-state index in [4.69, 9.17) is 0 Å². The quantitative estimate of drug-likeness (QED) is 0.780. The number of rotatable bonds is 1. The van der Waals surface area contributed by atoms with Crippen LogP contribution in [-0.4, -0.2) is 37.1 Å². The maximum absolute atomic E-state index is 12.7. The Morgan fingerprint density at radius 2 is 2.00 bits per heavy atom. The van der Waals surface area contributed by atoms with Crippen LogP contribution in [-0.2, 0) is 0 Å². The molecule has 1 saturated heterocycles. The van der Waals surface area contributed by atoms with Gasteiger partial charge in [-0.05, 0) is 37.2 Å². The molecule has 0 bridgehead atoms. The van der Waals surface area contributed by atoms with E-state index < -0.39 is 0 Å². The molecule has 1 heterocycles. The van der Waals surface area contributed by atoms with Gasteiger partial charge in [0.15, 0.2) is 0 Å². The molecule has 0 unspecified atom stereocenters. The Labute approximate surface area is 99.8 Å². The lowest BCUT2D eigenvalue weighted by atomic mass is 10.3. The van der Waals surface area contributed by atoms with Crippen molar-refractivity contribution in [3.05, 3.63) is 30.1 Å². The van der Waals surface area contributed by atoms with Crippen molar-refractivity contribution in [1.29, 1.82) is 0 Å². The number of urea groups is 1. The topological polar surface area (TPSA) is 44.4 Å². The highest BCUT2D eigenvalue weighted by Crippen LogP contribution is 2.09. The Balaban J connectivity index is 1.93. The summed E-state index contributed by atoms with van der Waals surface area (Å²) in [5.74, 6) is -0.304. The molecule has 2 amide bonds. The van der Waals surface area contributed by atoms with Gasteiger partial charge in [-0.1, -0.05) is 0 Å². The molecule has 1 aliphatic heterocycles. The fourth-order valence-electron chi connectivity index (χ4n) is 1.78. The largest absolute Gasteiger partial charge is 0.323 e. The Morgan fingerprint density at radius 1 is 1.24 bits per heavy atom. The van der Waals surface area contributed by atoms with Gasteiger partial charge < -0.3 is 15.5 Å². The number of hydrogen-bond acceptors (Lipinski definition) is 2. The third-order valence-corrected chi connectivity index (χ3v) is 2.72. The number of nitrogens with zero attached hydrogens (tertiary/aromatic N) is 1. The summed E-state index contributed by atoms with van der Waals surface area (Å²) in [7, 11) is 0.